The van der Waals surface area contributed by atoms with Crippen molar-refractivity contribution < 1.29 is 14.3 Å². The quantitative estimate of drug-likeness (QED) is 0.518. The number of hydrogen-bond acceptors (Lipinski definition) is 8. The largest absolute Gasteiger partial charge is 0.465 e. The Labute approximate surface area is 195 Å². The van der Waals surface area contributed by atoms with E-state index in [9.17, 15) is 14.7 Å². The number of nitrogens with one attached hydrogen (secondary N) is 2. The molecule has 34 heavy (non-hydrogen) atoms. The Morgan fingerprint density at radius 1 is 1.09 bits per heavy atom. The Hall–Kier alpha value is -3.89. The van der Waals surface area contributed by atoms with Gasteiger partial charge in [0.1, 0.15) is 11.6 Å². The molecule has 0 bridgehead atoms. The van der Waals surface area contributed by atoms with E-state index in [0.717, 1.165) is 24.2 Å². The third-order valence-corrected chi connectivity index (χ3v) is 6.38. The average molecular weight is 466 g/mol. The number of hydrogen-bond donors (Lipinski definition) is 3. The molecular weight excluding hydrogens is 438 g/mol. The maximum absolute atomic E-state index is 11.6. The SMILES string of the molecule is O=C(O)N1CCN(c2cc(-c3n[nH]c(=O)o3)cc(-c3ccnc(NC4CCCCC4)c3)n2)CC1. The van der Waals surface area contributed by atoms with Gasteiger partial charge in [-0.05, 0) is 37.1 Å². The molecule has 1 aliphatic heterocycles. The Balaban J connectivity index is 1.46. The second-order valence-electron chi connectivity index (χ2n) is 8.68. The molecule has 11 heteroatoms. The van der Waals surface area contributed by atoms with Gasteiger partial charge in [0.05, 0.1) is 5.69 Å². The molecule has 11 nitrogen and oxygen atoms in total. The van der Waals surface area contributed by atoms with E-state index >= 15 is 0 Å². The van der Waals surface area contributed by atoms with E-state index in [1.165, 1.54) is 24.2 Å². The molecule has 2 fully saturated rings. The van der Waals surface area contributed by atoms with Gasteiger partial charge in [-0.3, -0.25) is 0 Å². The summed E-state index contributed by atoms with van der Waals surface area (Å²) in [5, 5.41) is 19.1. The molecule has 0 unspecified atom stereocenters. The fourth-order valence-electron chi connectivity index (χ4n) is 4.55. The molecule has 0 spiro atoms. The normalized spacial score (nSPS) is 17.1. The predicted molar refractivity (Wildman–Crippen MR) is 126 cm³/mol. The van der Waals surface area contributed by atoms with Gasteiger partial charge < -0.3 is 24.6 Å². The van der Waals surface area contributed by atoms with E-state index < -0.39 is 11.8 Å². The summed E-state index contributed by atoms with van der Waals surface area (Å²) in [5.74, 6) is 1.02. The smallest absolute Gasteiger partial charge is 0.434 e. The summed E-state index contributed by atoms with van der Waals surface area (Å²) < 4.78 is 5.20. The molecule has 0 atom stereocenters. The number of piperazine rings is 1. The van der Waals surface area contributed by atoms with Crippen LogP contribution < -0.4 is 16.0 Å². The second-order valence-corrected chi connectivity index (χ2v) is 8.68. The van der Waals surface area contributed by atoms with Gasteiger partial charge in [0.15, 0.2) is 0 Å². The zero-order valence-electron chi connectivity index (χ0n) is 18.7. The molecule has 3 N–H and O–H groups in total. The average Bonchev–Trinajstić information content (AvgIpc) is 3.31. The summed E-state index contributed by atoms with van der Waals surface area (Å²) in [4.78, 5) is 35.6. The molecular formula is C23H27N7O4. The number of aromatic amines is 1. The number of amides is 1. The first kappa shape index (κ1) is 21.9. The zero-order chi connectivity index (χ0) is 23.5. The summed E-state index contributed by atoms with van der Waals surface area (Å²) in [7, 11) is 0. The van der Waals surface area contributed by atoms with Crippen LogP contribution >= 0.6 is 0 Å². The van der Waals surface area contributed by atoms with Gasteiger partial charge in [0, 0.05) is 49.5 Å². The first-order valence-electron chi connectivity index (χ1n) is 11.6. The van der Waals surface area contributed by atoms with Crippen LogP contribution in [0.25, 0.3) is 22.7 Å². The first-order valence-corrected chi connectivity index (χ1v) is 11.6. The molecule has 1 aliphatic carbocycles. The van der Waals surface area contributed by atoms with E-state index in [4.69, 9.17) is 9.40 Å². The number of rotatable bonds is 5. The molecule has 2 aliphatic rings. The van der Waals surface area contributed by atoms with Gasteiger partial charge in [0.2, 0.25) is 5.89 Å². The maximum atomic E-state index is 11.6. The van der Waals surface area contributed by atoms with Crippen LogP contribution in [0.4, 0.5) is 16.4 Å². The first-order chi connectivity index (χ1) is 16.5. The Morgan fingerprint density at radius 3 is 2.59 bits per heavy atom. The van der Waals surface area contributed by atoms with Gasteiger partial charge in [0.25, 0.3) is 0 Å². The van der Waals surface area contributed by atoms with E-state index in [1.54, 1.807) is 12.3 Å². The van der Waals surface area contributed by atoms with Gasteiger partial charge in [-0.15, -0.1) is 5.10 Å². The molecule has 178 valence electrons. The monoisotopic (exact) mass is 465 g/mol. The van der Waals surface area contributed by atoms with Crippen molar-refractivity contribution in [1.82, 2.24) is 25.1 Å². The van der Waals surface area contributed by atoms with E-state index in [-0.39, 0.29) is 5.89 Å². The van der Waals surface area contributed by atoms with Crippen LogP contribution in [0.15, 0.2) is 39.7 Å². The number of carboxylic acid groups (broad SMARTS) is 1. The number of aromatic nitrogens is 4. The Morgan fingerprint density at radius 2 is 1.88 bits per heavy atom. The van der Waals surface area contributed by atoms with Crippen molar-refractivity contribution in [2.24, 2.45) is 0 Å². The molecule has 0 aromatic carbocycles. The van der Waals surface area contributed by atoms with Crippen molar-refractivity contribution in [1.29, 1.82) is 0 Å². The summed E-state index contributed by atoms with van der Waals surface area (Å²) in [6, 6.07) is 7.94. The minimum atomic E-state index is -0.921. The van der Waals surface area contributed by atoms with Crippen LogP contribution in [0.5, 0.6) is 0 Å². The summed E-state index contributed by atoms with van der Waals surface area (Å²) in [6.07, 6.45) is 6.87. The second kappa shape index (κ2) is 9.54. The lowest BCUT2D eigenvalue weighted by atomic mass is 9.95. The molecule has 0 radical (unpaired) electrons. The van der Waals surface area contributed by atoms with Crippen molar-refractivity contribution in [3.8, 4) is 22.7 Å². The van der Waals surface area contributed by atoms with Crippen molar-refractivity contribution >= 4 is 17.7 Å². The lowest BCUT2D eigenvalue weighted by Crippen LogP contribution is -2.48. The molecule has 1 amide bonds. The zero-order valence-corrected chi connectivity index (χ0v) is 18.7. The Bertz CT molecular complexity index is 1210. The maximum Gasteiger partial charge on any atom is 0.434 e. The highest BCUT2D eigenvalue weighted by Gasteiger charge is 2.23. The van der Waals surface area contributed by atoms with Crippen molar-refractivity contribution in [2.45, 2.75) is 38.1 Å². The lowest BCUT2D eigenvalue weighted by Gasteiger charge is -2.34. The van der Waals surface area contributed by atoms with Crippen molar-refractivity contribution in [3.05, 3.63) is 41.0 Å². The minimum absolute atomic E-state index is 0.175. The van der Waals surface area contributed by atoms with E-state index in [1.807, 2.05) is 23.1 Å². The number of anilines is 2. The predicted octanol–water partition coefficient (Wildman–Crippen LogP) is 3.03. The van der Waals surface area contributed by atoms with E-state index in [2.05, 4.69) is 20.5 Å². The lowest BCUT2D eigenvalue weighted by molar-refractivity contribution is 0.142. The third-order valence-electron chi connectivity index (χ3n) is 6.38. The van der Waals surface area contributed by atoms with Gasteiger partial charge in [-0.1, -0.05) is 19.3 Å². The van der Waals surface area contributed by atoms with Crippen molar-refractivity contribution in [3.63, 3.8) is 0 Å². The number of pyridine rings is 2. The highest BCUT2D eigenvalue weighted by molar-refractivity contribution is 5.72. The molecule has 5 rings (SSSR count). The summed E-state index contributed by atoms with van der Waals surface area (Å²) in [6.45, 7) is 1.80. The topological polar surface area (TPSA) is 140 Å². The van der Waals surface area contributed by atoms with Crippen LogP contribution in [0.2, 0.25) is 0 Å². The van der Waals surface area contributed by atoms with Gasteiger partial charge in [-0.25, -0.2) is 24.7 Å². The highest BCUT2D eigenvalue weighted by Crippen LogP contribution is 2.30. The summed E-state index contributed by atoms with van der Waals surface area (Å²) >= 11 is 0. The molecule has 1 saturated heterocycles. The highest BCUT2D eigenvalue weighted by atomic mass is 16.4. The van der Waals surface area contributed by atoms with Crippen LogP contribution in [0.3, 0.4) is 0 Å². The fraction of sp³-hybridized carbons (Fsp3) is 0.435. The van der Waals surface area contributed by atoms with Crippen LogP contribution in [-0.2, 0) is 0 Å². The van der Waals surface area contributed by atoms with Crippen molar-refractivity contribution in [2.75, 3.05) is 36.4 Å². The Kier molecular flexibility index (Phi) is 6.15. The fourth-order valence-corrected chi connectivity index (χ4v) is 4.55. The summed E-state index contributed by atoms with van der Waals surface area (Å²) in [5.41, 5.74) is 2.17. The molecule has 3 aromatic rings. The number of carbonyl (C=O) groups is 1. The number of nitrogens with zero attached hydrogens (tertiary/aromatic N) is 5. The molecule has 4 heterocycles. The van der Waals surface area contributed by atoms with Crippen LogP contribution in [0.1, 0.15) is 32.1 Å². The standard InChI is InChI=1S/C23H27N7O4/c31-22-28-27-21(34-22)16-12-18(26-20(14-16)29-8-10-30(11-9-29)23(32)33)15-6-7-24-19(13-15)25-17-4-2-1-3-5-17/h6-7,12-14,17H,1-5,8-11H2,(H,24,25)(H,28,31)(H,32,33). The molecule has 1 saturated carbocycles. The van der Waals surface area contributed by atoms with Crippen LogP contribution in [0, 0.1) is 0 Å². The van der Waals surface area contributed by atoms with Gasteiger partial charge >= 0.3 is 11.8 Å². The van der Waals surface area contributed by atoms with Gasteiger partial charge in [-0.2, -0.15) is 0 Å². The minimum Gasteiger partial charge on any atom is -0.465 e. The van der Waals surface area contributed by atoms with E-state index in [0.29, 0.717) is 49.3 Å². The number of H-pyrrole nitrogens is 1. The molecule has 3 aromatic heterocycles. The van der Waals surface area contributed by atoms with Crippen LogP contribution in [-0.4, -0.2) is 68.5 Å². The third kappa shape index (κ3) is 4.87.